The maximum absolute atomic E-state index is 13.3. The zero-order valence-electron chi connectivity index (χ0n) is 18.3. The lowest BCUT2D eigenvalue weighted by Gasteiger charge is -2.11. The van der Waals surface area contributed by atoms with Gasteiger partial charge in [0.25, 0.3) is 0 Å². The smallest absolute Gasteiger partial charge is 0.198 e. The van der Waals surface area contributed by atoms with Crippen molar-refractivity contribution in [1.29, 1.82) is 0 Å². The summed E-state index contributed by atoms with van der Waals surface area (Å²) in [5.74, 6) is 0.569. The summed E-state index contributed by atoms with van der Waals surface area (Å²) in [6.45, 7) is 3.95. The molecule has 33 heavy (non-hydrogen) atoms. The second-order valence-corrected chi connectivity index (χ2v) is 6.94. The first-order chi connectivity index (χ1) is 16.1. The number of benzene rings is 2. The maximum Gasteiger partial charge on any atom is 0.198 e. The number of aliphatic hydroxyl groups excluding tert-OH is 1. The first-order valence-electron chi connectivity index (χ1n) is 10.6. The number of rotatable bonds is 4. The minimum atomic E-state index is -0.318. The molecule has 0 amide bonds. The number of pyridine rings is 1. The molecule has 5 rings (SSSR count). The SMILES string of the molecule is CC.Nc1ncccc1-c1nc2ncc(-c3ccc(F)cc3)nc2n1-c1ccc(CO)cc1. The van der Waals surface area contributed by atoms with Crippen molar-refractivity contribution >= 4 is 17.1 Å². The first kappa shape index (κ1) is 22.0. The summed E-state index contributed by atoms with van der Waals surface area (Å²) in [4.78, 5) is 18.1. The molecule has 3 N–H and O–H groups in total. The molecule has 0 aliphatic carbocycles. The molecular formula is C25H23FN6O. The summed E-state index contributed by atoms with van der Waals surface area (Å²) < 4.78 is 15.2. The van der Waals surface area contributed by atoms with Crippen LogP contribution >= 0.6 is 0 Å². The Labute approximate surface area is 190 Å². The topological polar surface area (TPSA) is 103 Å². The van der Waals surface area contributed by atoms with Gasteiger partial charge in [0.1, 0.15) is 11.6 Å². The van der Waals surface area contributed by atoms with Crippen molar-refractivity contribution in [3.05, 3.63) is 84.4 Å². The highest BCUT2D eigenvalue weighted by Crippen LogP contribution is 2.30. The molecule has 0 radical (unpaired) electrons. The highest BCUT2D eigenvalue weighted by atomic mass is 19.1. The second kappa shape index (κ2) is 9.54. The van der Waals surface area contributed by atoms with Crippen LogP contribution in [-0.4, -0.2) is 29.6 Å². The highest BCUT2D eigenvalue weighted by molar-refractivity contribution is 5.81. The van der Waals surface area contributed by atoms with E-state index in [2.05, 4.69) is 15.0 Å². The van der Waals surface area contributed by atoms with E-state index in [9.17, 15) is 9.50 Å². The molecule has 3 aromatic heterocycles. The van der Waals surface area contributed by atoms with Crippen LogP contribution in [0.15, 0.2) is 73.1 Å². The number of halogens is 1. The number of aliphatic hydroxyl groups is 1. The van der Waals surface area contributed by atoms with Crippen molar-refractivity contribution in [3.63, 3.8) is 0 Å². The Balaban J connectivity index is 0.00000126. The zero-order valence-corrected chi connectivity index (χ0v) is 18.3. The van der Waals surface area contributed by atoms with Crippen LogP contribution in [-0.2, 0) is 6.61 Å². The van der Waals surface area contributed by atoms with Gasteiger partial charge in [-0.25, -0.2) is 24.3 Å². The van der Waals surface area contributed by atoms with Gasteiger partial charge in [-0.05, 0) is 54.1 Å². The van der Waals surface area contributed by atoms with E-state index >= 15 is 0 Å². The molecule has 0 saturated carbocycles. The van der Waals surface area contributed by atoms with Gasteiger partial charge in [-0.3, -0.25) is 4.57 Å². The minimum absolute atomic E-state index is 0.0537. The van der Waals surface area contributed by atoms with Crippen molar-refractivity contribution in [2.45, 2.75) is 20.5 Å². The molecule has 0 fully saturated rings. The third-order valence-electron chi connectivity index (χ3n) is 4.97. The molecule has 8 heteroatoms. The third-order valence-corrected chi connectivity index (χ3v) is 4.97. The number of hydrogen-bond donors (Lipinski definition) is 2. The van der Waals surface area contributed by atoms with Gasteiger partial charge in [-0.2, -0.15) is 0 Å². The quantitative estimate of drug-likeness (QED) is 0.415. The van der Waals surface area contributed by atoms with Crippen molar-refractivity contribution in [1.82, 2.24) is 24.5 Å². The lowest BCUT2D eigenvalue weighted by Crippen LogP contribution is -2.02. The molecule has 0 spiro atoms. The summed E-state index contributed by atoms with van der Waals surface area (Å²) in [7, 11) is 0. The summed E-state index contributed by atoms with van der Waals surface area (Å²) in [6, 6.07) is 17.1. The summed E-state index contributed by atoms with van der Waals surface area (Å²) in [5, 5.41) is 9.39. The summed E-state index contributed by atoms with van der Waals surface area (Å²) in [6.07, 6.45) is 3.23. The average molecular weight is 442 g/mol. The van der Waals surface area contributed by atoms with Gasteiger partial charge in [-0.1, -0.05) is 26.0 Å². The number of fused-ring (bicyclic) bond motifs is 1. The molecule has 0 aliphatic heterocycles. The van der Waals surface area contributed by atoms with Gasteiger partial charge in [0.05, 0.1) is 24.1 Å². The van der Waals surface area contributed by atoms with E-state index in [0.29, 0.717) is 34.2 Å². The first-order valence-corrected chi connectivity index (χ1v) is 10.6. The number of anilines is 1. The van der Waals surface area contributed by atoms with Gasteiger partial charge in [0, 0.05) is 17.4 Å². The highest BCUT2D eigenvalue weighted by Gasteiger charge is 2.19. The van der Waals surface area contributed by atoms with Crippen LogP contribution in [0, 0.1) is 5.82 Å². The number of hydrogen-bond acceptors (Lipinski definition) is 6. The Kier molecular flexibility index (Phi) is 6.37. The van der Waals surface area contributed by atoms with Crippen LogP contribution in [0.5, 0.6) is 0 Å². The Morgan fingerprint density at radius 1 is 0.939 bits per heavy atom. The monoisotopic (exact) mass is 442 g/mol. The third kappa shape index (κ3) is 4.28. The van der Waals surface area contributed by atoms with E-state index in [-0.39, 0.29) is 12.4 Å². The predicted molar refractivity (Wildman–Crippen MR) is 127 cm³/mol. The number of nitrogens with two attached hydrogens (primary N) is 1. The molecule has 0 unspecified atom stereocenters. The molecule has 0 atom stereocenters. The van der Waals surface area contributed by atoms with E-state index in [1.54, 1.807) is 30.6 Å². The number of aromatic nitrogens is 5. The standard InChI is InChI=1S/C23H17FN6O.C2H6/c24-16-7-5-15(6-8-16)19-12-27-21-23(28-19)30(17-9-3-14(13-31)4-10-17)22(29-21)18-2-1-11-26-20(18)25;1-2/h1-12,31H,13H2,(H2,25,26);1-2H3. The van der Waals surface area contributed by atoms with E-state index in [1.165, 1.54) is 12.1 Å². The Morgan fingerprint density at radius 3 is 2.33 bits per heavy atom. The fourth-order valence-electron chi connectivity index (χ4n) is 3.39. The van der Waals surface area contributed by atoms with E-state index in [1.807, 2.05) is 48.7 Å². The molecule has 166 valence electrons. The molecule has 0 aliphatic rings. The predicted octanol–water partition coefficient (Wildman–Crippen LogP) is 4.78. The summed E-state index contributed by atoms with van der Waals surface area (Å²) in [5.41, 5.74) is 10.6. The normalized spacial score (nSPS) is 10.7. The van der Waals surface area contributed by atoms with Gasteiger partial charge >= 0.3 is 0 Å². The molecule has 0 bridgehead atoms. The number of nitrogens with zero attached hydrogens (tertiary/aromatic N) is 5. The van der Waals surface area contributed by atoms with Crippen molar-refractivity contribution < 1.29 is 9.50 Å². The number of imidazole rings is 1. The largest absolute Gasteiger partial charge is 0.392 e. The van der Waals surface area contributed by atoms with E-state index < -0.39 is 0 Å². The van der Waals surface area contributed by atoms with Crippen LogP contribution in [0.4, 0.5) is 10.2 Å². The molecule has 2 aromatic carbocycles. The van der Waals surface area contributed by atoms with Crippen LogP contribution in [0.3, 0.4) is 0 Å². The van der Waals surface area contributed by atoms with E-state index in [4.69, 9.17) is 10.7 Å². The Morgan fingerprint density at radius 2 is 1.67 bits per heavy atom. The minimum Gasteiger partial charge on any atom is -0.392 e. The van der Waals surface area contributed by atoms with Crippen LogP contribution in [0.1, 0.15) is 19.4 Å². The van der Waals surface area contributed by atoms with Gasteiger partial charge in [0.2, 0.25) is 0 Å². The lowest BCUT2D eigenvalue weighted by atomic mass is 10.1. The molecule has 3 heterocycles. The Hall–Kier alpha value is -4.17. The second-order valence-electron chi connectivity index (χ2n) is 6.94. The number of nitrogen functional groups attached to an aromatic ring is 1. The zero-order chi connectivity index (χ0) is 23.4. The van der Waals surface area contributed by atoms with Gasteiger partial charge in [-0.15, -0.1) is 0 Å². The molecular weight excluding hydrogens is 419 g/mol. The van der Waals surface area contributed by atoms with Gasteiger partial charge < -0.3 is 10.8 Å². The molecule has 7 nitrogen and oxygen atoms in total. The lowest BCUT2D eigenvalue weighted by molar-refractivity contribution is 0.282. The maximum atomic E-state index is 13.3. The summed E-state index contributed by atoms with van der Waals surface area (Å²) >= 11 is 0. The molecule has 5 aromatic rings. The van der Waals surface area contributed by atoms with Crippen LogP contribution in [0.2, 0.25) is 0 Å². The fourth-order valence-corrected chi connectivity index (χ4v) is 3.39. The fraction of sp³-hybridized carbons (Fsp3) is 0.120. The van der Waals surface area contributed by atoms with Crippen molar-refractivity contribution in [2.75, 3.05) is 5.73 Å². The average Bonchev–Trinajstić information content (AvgIpc) is 3.24. The van der Waals surface area contributed by atoms with Gasteiger partial charge in [0.15, 0.2) is 17.1 Å². The van der Waals surface area contributed by atoms with Crippen LogP contribution < -0.4 is 5.73 Å². The van der Waals surface area contributed by atoms with E-state index in [0.717, 1.165) is 16.8 Å². The van der Waals surface area contributed by atoms with Crippen LogP contribution in [0.25, 0.3) is 39.6 Å². The van der Waals surface area contributed by atoms with Crippen molar-refractivity contribution in [2.24, 2.45) is 0 Å². The Bertz CT molecular complexity index is 1380. The van der Waals surface area contributed by atoms with Crippen molar-refractivity contribution in [3.8, 4) is 28.3 Å². The molecule has 0 saturated heterocycles.